The van der Waals surface area contributed by atoms with Gasteiger partial charge < -0.3 is 5.73 Å². The third kappa shape index (κ3) is 3.60. The highest BCUT2D eigenvalue weighted by atomic mass is 19.4. The van der Waals surface area contributed by atoms with Gasteiger partial charge in [0, 0.05) is 11.8 Å². The molecule has 6 heteroatoms. The van der Waals surface area contributed by atoms with Crippen molar-refractivity contribution in [3.8, 4) is 11.8 Å². The van der Waals surface area contributed by atoms with Crippen molar-refractivity contribution < 1.29 is 18.0 Å². The molecule has 0 spiro atoms. The first-order chi connectivity index (χ1) is 9.88. The van der Waals surface area contributed by atoms with Crippen LogP contribution in [0, 0.1) is 11.8 Å². The molecule has 0 radical (unpaired) electrons. The summed E-state index contributed by atoms with van der Waals surface area (Å²) < 4.78 is 37.2. The Hall–Kier alpha value is -2.81. The lowest BCUT2D eigenvalue weighted by molar-refractivity contribution is -0.137. The third-order valence-electron chi connectivity index (χ3n) is 2.61. The first-order valence-electron chi connectivity index (χ1n) is 5.82. The van der Waals surface area contributed by atoms with Crippen LogP contribution in [-0.2, 0) is 6.18 Å². The van der Waals surface area contributed by atoms with E-state index in [2.05, 4.69) is 16.8 Å². The average molecular weight is 290 g/mol. The van der Waals surface area contributed by atoms with E-state index in [9.17, 15) is 18.0 Å². The minimum Gasteiger partial charge on any atom is -0.366 e. The molecule has 2 aromatic rings. The first kappa shape index (κ1) is 14.6. The lowest BCUT2D eigenvalue weighted by Gasteiger charge is -2.05. The number of hydrogen-bond donors (Lipinski definition) is 1. The zero-order valence-electron chi connectivity index (χ0n) is 10.6. The molecule has 0 aliphatic rings. The lowest BCUT2D eigenvalue weighted by Crippen LogP contribution is -2.13. The number of nitrogens with two attached hydrogens (primary N) is 1. The molecule has 0 bridgehead atoms. The number of pyridine rings is 1. The molecule has 21 heavy (non-hydrogen) atoms. The molecule has 0 aliphatic carbocycles. The Morgan fingerprint density at radius 3 is 2.33 bits per heavy atom. The standard InChI is InChI=1S/C15H9F3N2O/c16-15(17,18)11-6-3-10(4-7-11)5-8-13-12(14(19)21)2-1-9-20-13/h1-4,6-7,9H,(H2,19,21). The number of aromatic nitrogens is 1. The summed E-state index contributed by atoms with van der Waals surface area (Å²) in [7, 11) is 0. The Morgan fingerprint density at radius 2 is 1.76 bits per heavy atom. The minimum atomic E-state index is -4.38. The monoisotopic (exact) mass is 290 g/mol. The van der Waals surface area contributed by atoms with Crippen LogP contribution < -0.4 is 5.73 Å². The Kier molecular flexibility index (Phi) is 3.94. The van der Waals surface area contributed by atoms with Gasteiger partial charge in [-0.3, -0.25) is 4.79 Å². The Balaban J connectivity index is 2.30. The largest absolute Gasteiger partial charge is 0.416 e. The second-order valence-electron chi connectivity index (χ2n) is 4.09. The summed E-state index contributed by atoms with van der Waals surface area (Å²) in [5.74, 6) is 4.61. The van der Waals surface area contributed by atoms with Crippen LogP contribution in [0.25, 0.3) is 0 Å². The predicted octanol–water partition coefficient (Wildman–Crippen LogP) is 2.60. The van der Waals surface area contributed by atoms with E-state index in [0.29, 0.717) is 5.56 Å². The smallest absolute Gasteiger partial charge is 0.366 e. The summed E-state index contributed by atoms with van der Waals surface area (Å²) in [6, 6.07) is 7.41. The van der Waals surface area contributed by atoms with Crippen LogP contribution in [0.3, 0.4) is 0 Å². The number of alkyl halides is 3. The van der Waals surface area contributed by atoms with Gasteiger partial charge in [0.15, 0.2) is 0 Å². The van der Waals surface area contributed by atoms with Gasteiger partial charge in [0.1, 0.15) is 5.69 Å². The van der Waals surface area contributed by atoms with E-state index >= 15 is 0 Å². The van der Waals surface area contributed by atoms with E-state index in [1.54, 1.807) is 6.07 Å². The topological polar surface area (TPSA) is 56.0 Å². The van der Waals surface area contributed by atoms with Gasteiger partial charge in [0.2, 0.25) is 0 Å². The molecular weight excluding hydrogens is 281 g/mol. The van der Waals surface area contributed by atoms with Crippen molar-refractivity contribution in [1.29, 1.82) is 0 Å². The summed E-state index contributed by atoms with van der Waals surface area (Å²) in [5.41, 5.74) is 5.16. The van der Waals surface area contributed by atoms with E-state index in [4.69, 9.17) is 5.73 Å². The Bertz CT molecular complexity index is 725. The zero-order chi connectivity index (χ0) is 15.5. The average Bonchev–Trinajstić information content (AvgIpc) is 2.45. The molecule has 2 N–H and O–H groups in total. The van der Waals surface area contributed by atoms with E-state index in [1.165, 1.54) is 24.4 Å². The lowest BCUT2D eigenvalue weighted by atomic mass is 10.1. The van der Waals surface area contributed by atoms with Crippen molar-refractivity contribution in [2.45, 2.75) is 6.18 Å². The normalized spacial score (nSPS) is 10.6. The molecule has 0 aliphatic heterocycles. The van der Waals surface area contributed by atoms with Gasteiger partial charge in [0.25, 0.3) is 5.91 Å². The van der Waals surface area contributed by atoms with E-state index < -0.39 is 17.6 Å². The minimum absolute atomic E-state index is 0.164. The maximum absolute atomic E-state index is 12.4. The van der Waals surface area contributed by atoms with E-state index in [-0.39, 0.29) is 11.3 Å². The maximum atomic E-state index is 12.4. The number of amides is 1. The van der Waals surface area contributed by atoms with Gasteiger partial charge in [-0.05, 0) is 42.3 Å². The fourth-order valence-electron chi connectivity index (χ4n) is 1.58. The van der Waals surface area contributed by atoms with Crippen molar-refractivity contribution in [2.24, 2.45) is 5.73 Å². The molecule has 1 aromatic carbocycles. The maximum Gasteiger partial charge on any atom is 0.416 e. The Labute approximate surface area is 118 Å². The van der Waals surface area contributed by atoms with Crippen LogP contribution in [0.4, 0.5) is 13.2 Å². The van der Waals surface area contributed by atoms with Crippen molar-refractivity contribution in [3.63, 3.8) is 0 Å². The van der Waals surface area contributed by atoms with Gasteiger partial charge in [-0.15, -0.1) is 0 Å². The van der Waals surface area contributed by atoms with Crippen molar-refractivity contribution in [2.75, 3.05) is 0 Å². The molecule has 0 saturated heterocycles. The summed E-state index contributed by atoms with van der Waals surface area (Å²) in [6.45, 7) is 0. The quantitative estimate of drug-likeness (QED) is 0.821. The summed E-state index contributed by atoms with van der Waals surface area (Å²) >= 11 is 0. The van der Waals surface area contributed by atoms with Gasteiger partial charge in [-0.25, -0.2) is 4.98 Å². The van der Waals surface area contributed by atoms with Crippen LogP contribution in [0.1, 0.15) is 27.2 Å². The highest BCUT2D eigenvalue weighted by molar-refractivity contribution is 5.94. The molecule has 1 aromatic heterocycles. The SMILES string of the molecule is NC(=O)c1cccnc1C#Cc1ccc(C(F)(F)F)cc1. The number of carbonyl (C=O) groups is 1. The second kappa shape index (κ2) is 5.67. The highest BCUT2D eigenvalue weighted by Crippen LogP contribution is 2.28. The number of rotatable bonds is 1. The van der Waals surface area contributed by atoms with Gasteiger partial charge in [0.05, 0.1) is 11.1 Å². The summed E-state index contributed by atoms with van der Waals surface area (Å²) in [5, 5.41) is 0. The number of benzene rings is 1. The second-order valence-corrected chi connectivity index (χ2v) is 4.09. The van der Waals surface area contributed by atoms with Gasteiger partial charge in [-0.1, -0.05) is 5.92 Å². The highest BCUT2D eigenvalue weighted by Gasteiger charge is 2.29. The van der Waals surface area contributed by atoms with E-state index in [1.807, 2.05) is 0 Å². The van der Waals surface area contributed by atoms with Gasteiger partial charge in [-0.2, -0.15) is 13.2 Å². The molecule has 0 saturated carbocycles. The van der Waals surface area contributed by atoms with Crippen LogP contribution in [0.15, 0.2) is 42.6 Å². The molecule has 0 fully saturated rings. The van der Waals surface area contributed by atoms with Crippen molar-refractivity contribution in [3.05, 3.63) is 65.0 Å². The molecule has 2 rings (SSSR count). The molecule has 3 nitrogen and oxygen atoms in total. The third-order valence-corrected chi connectivity index (χ3v) is 2.61. The van der Waals surface area contributed by atoms with Crippen molar-refractivity contribution in [1.82, 2.24) is 4.98 Å². The fourth-order valence-corrected chi connectivity index (χ4v) is 1.58. The molecule has 0 atom stereocenters. The van der Waals surface area contributed by atoms with Crippen molar-refractivity contribution >= 4 is 5.91 Å². The summed E-state index contributed by atoms with van der Waals surface area (Å²) in [4.78, 5) is 15.1. The summed E-state index contributed by atoms with van der Waals surface area (Å²) in [6.07, 6.45) is -2.94. The van der Waals surface area contributed by atoms with Crippen LogP contribution in [-0.4, -0.2) is 10.9 Å². The fraction of sp³-hybridized carbons (Fsp3) is 0.0667. The predicted molar refractivity (Wildman–Crippen MR) is 70.2 cm³/mol. The van der Waals surface area contributed by atoms with Crippen LogP contribution in [0.2, 0.25) is 0 Å². The molecular formula is C15H9F3N2O. The number of primary amides is 1. The number of nitrogens with zero attached hydrogens (tertiary/aromatic N) is 1. The molecule has 106 valence electrons. The zero-order valence-corrected chi connectivity index (χ0v) is 10.6. The Morgan fingerprint density at radius 1 is 1.10 bits per heavy atom. The molecule has 1 heterocycles. The van der Waals surface area contributed by atoms with Crippen LogP contribution in [0.5, 0.6) is 0 Å². The molecule has 1 amide bonds. The number of hydrogen-bond acceptors (Lipinski definition) is 2. The van der Waals surface area contributed by atoms with Gasteiger partial charge >= 0.3 is 6.18 Å². The number of halogens is 3. The number of carbonyl (C=O) groups excluding carboxylic acids is 1. The van der Waals surface area contributed by atoms with Crippen LogP contribution >= 0.6 is 0 Å². The van der Waals surface area contributed by atoms with E-state index in [0.717, 1.165) is 12.1 Å². The molecule has 0 unspecified atom stereocenters. The first-order valence-corrected chi connectivity index (χ1v) is 5.82.